The van der Waals surface area contributed by atoms with Gasteiger partial charge in [0.15, 0.2) is 5.82 Å². The summed E-state index contributed by atoms with van der Waals surface area (Å²) in [5, 5.41) is 7.60. The molecule has 0 unspecified atom stereocenters. The molecule has 0 saturated carbocycles. The number of pyridine rings is 1. The van der Waals surface area contributed by atoms with Gasteiger partial charge in [-0.3, -0.25) is 0 Å². The number of ether oxygens (including phenoxy) is 1. The number of aromatic nitrogens is 3. The Morgan fingerprint density at radius 3 is 3.11 bits per heavy atom. The van der Waals surface area contributed by atoms with Crippen molar-refractivity contribution in [2.24, 2.45) is 0 Å². The summed E-state index contributed by atoms with van der Waals surface area (Å²) >= 11 is 2.24. The average molecular weight is 358 g/mol. The molecule has 0 amide bonds. The smallest absolute Gasteiger partial charge is 0.157 e. The lowest BCUT2D eigenvalue weighted by molar-refractivity contribution is 0.199. The van der Waals surface area contributed by atoms with Crippen molar-refractivity contribution < 1.29 is 4.74 Å². The molecule has 0 fully saturated rings. The first-order valence-corrected chi connectivity index (χ1v) is 6.73. The van der Waals surface area contributed by atoms with E-state index in [2.05, 4.69) is 44.1 Å². The number of methoxy groups -OCH3 is 1. The van der Waals surface area contributed by atoms with Gasteiger partial charge in [0.1, 0.15) is 0 Å². The minimum absolute atomic E-state index is 0.704. The molecular weight excluding hydrogens is 343 g/mol. The second kappa shape index (κ2) is 6.81. The van der Waals surface area contributed by atoms with E-state index in [4.69, 9.17) is 4.74 Å². The van der Waals surface area contributed by atoms with Crippen LogP contribution in [-0.4, -0.2) is 35.0 Å². The van der Waals surface area contributed by atoms with Crippen LogP contribution in [0.4, 0.5) is 0 Å². The molecule has 0 atom stereocenters. The Kier molecular flexibility index (Phi) is 5.09. The van der Waals surface area contributed by atoms with Crippen LogP contribution in [0.15, 0.2) is 30.7 Å². The second-order valence-corrected chi connectivity index (χ2v) is 5.00. The van der Waals surface area contributed by atoms with E-state index in [1.54, 1.807) is 18.0 Å². The van der Waals surface area contributed by atoms with Crippen molar-refractivity contribution in [3.05, 3.63) is 39.9 Å². The van der Waals surface area contributed by atoms with E-state index in [-0.39, 0.29) is 0 Å². The number of nitrogens with zero attached hydrogens (tertiary/aromatic N) is 3. The van der Waals surface area contributed by atoms with Crippen LogP contribution in [-0.2, 0) is 11.3 Å². The van der Waals surface area contributed by atoms with Crippen molar-refractivity contribution in [1.29, 1.82) is 0 Å². The lowest BCUT2D eigenvalue weighted by Gasteiger charge is -2.09. The zero-order valence-corrected chi connectivity index (χ0v) is 12.3. The van der Waals surface area contributed by atoms with Crippen LogP contribution < -0.4 is 5.32 Å². The molecule has 5 nitrogen and oxygen atoms in total. The van der Waals surface area contributed by atoms with E-state index in [1.807, 2.05) is 18.5 Å². The maximum absolute atomic E-state index is 5.00. The highest BCUT2D eigenvalue weighted by Gasteiger charge is 2.06. The first-order valence-electron chi connectivity index (χ1n) is 5.65. The lowest BCUT2D eigenvalue weighted by Crippen LogP contribution is -2.20. The minimum atomic E-state index is 0.704. The highest BCUT2D eigenvalue weighted by molar-refractivity contribution is 14.1. The summed E-state index contributed by atoms with van der Waals surface area (Å²) in [6, 6.07) is 3.99. The molecule has 0 bridgehead atoms. The Morgan fingerprint density at radius 2 is 2.39 bits per heavy atom. The number of halogens is 1. The first kappa shape index (κ1) is 13.4. The lowest BCUT2D eigenvalue weighted by atomic mass is 10.2. The van der Waals surface area contributed by atoms with Crippen LogP contribution in [0.5, 0.6) is 0 Å². The standard InChI is InChI=1S/C12H15IN4O/c1-18-6-5-14-7-10-3-2-4-15-12(10)17-9-11(13)8-16-17/h2-4,8-9,14H,5-7H2,1H3. The van der Waals surface area contributed by atoms with Gasteiger partial charge >= 0.3 is 0 Å². The summed E-state index contributed by atoms with van der Waals surface area (Å²) in [5.41, 5.74) is 1.12. The molecule has 2 rings (SSSR count). The van der Waals surface area contributed by atoms with E-state index in [1.165, 1.54) is 0 Å². The monoisotopic (exact) mass is 358 g/mol. The van der Waals surface area contributed by atoms with Gasteiger partial charge in [-0.05, 0) is 28.7 Å². The van der Waals surface area contributed by atoms with Crippen LogP contribution in [0.25, 0.3) is 5.82 Å². The summed E-state index contributed by atoms with van der Waals surface area (Å²) in [5.74, 6) is 0.866. The molecule has 2 aromatic rings. The van der Waals surface area contributed by atoms with Crippen molar-refractivity contribution in [2.75, 3.05) is 20.3 Å². The van der Waals surface area contributed by atoms with Crippen LogP contribution in [0.2, 0.25) is 0 Å². The summed E-state index contributed by atoms with van der Waals surface area (Å²) in [4.78, 5) is 4.39. The van der Waals surface area contributed by atoms with Crippen LogP contribution in [0, 0.1) is 3.57 Å². The van der Waals surface area contributed by atoms with Gasteiger partial charge in [-0.15, -0.1) is 0 Å². The van der Waals surface area contributed by atoms with Gasteiger partial charge in [0, 0.05) is 38.2 Å². The fraction of sp³-hybridized carbons (Fsp3) is 0.333. The van der Waals surface area contributed by atoms with Gasteiger partial charge in [-0.1, -0.05) is 6.07 Å². The van der Waals surface area contributed by atoms with E-state index in [0.29, 0.717) is 6.61 Å². The molecule has 96 valence electrons. The SMILES string of the molecule is COCCNCc1cccnc1-n1cc(I)cn1. The molecule has 6 heteroatoms. The molecular formula is C12H15IN4O. The van der Waals surface area contributed by atoms with Crippen LogP contribution >= 0.6 is 22.6 Å². The van der Waals surface area contributed by atoms with Crippen molar-refractivity contribution in [3.63, 3.8) is 0 Å². The molecule has 0 radical (unpaired) electrons. The molecule has 1 N–H and O–H groups in total. The van der Waals surface area contributed by atoms with Gasteiger partial charge in [0.2, 0.25) is 0 Å². The topological polar surface area (TPSA) is 52.0 Å². The van der Waals surface area contributed by atoms with Crippen molar-refractivity contribution in [2.45, 2.75) is 6.54 Å². The van der Waals surface area contributed by atoms with Crippen molar-refractivity contribution in [1.82, 2.24) is 20.1 Å². The summed E-state index contributed by atoms with van der Waals surface area (Å²) in [7, 11) is 1.70. The van der Waals surface area contributed by atoms with Crippen LogP contribution in [0.3, 0.4) is 0 Å². The first-order chi connectivity index (χ1) is 8.81. The van der Waals surface area contributed by atoms with E-state index < -0.39 is 0 Å². The van der Waals surface area contributed by atoms with Crippen LogP contribution in [0.1, 0.15) is 5.56 Å². The second-order valence-electron chi connectivity index (χ2n) is 3.76. The molecule has 0 saturated heterocycles. The molecule has 0 aromatic carbocycles. The largest absolute Gasteiger partial charge is 0.383 e. The fourth-order valence-corrected chi connectivity index (χ4v) is 1.98. The zero-order valence-electron chi connectivity index (χ0n) is 10.1. The molecule has 2 heterocycles. The predicted octanol–water partition coefficient (Wildman–Crippen LogP) is 1.61. The van der Waals surface area contributed by atoms with E-state index in [0.717, 1.165) is 28.0 Å². The normalized spacial score (nSPS) is 10.8. The van der Waals surface area contributed by atoms with Crippen molar-refractivity contribution in [3.8, 4) is 5.82 Å². The Bertz CT molecular complexity index is 500. The van der Waals surface area contributed by atoms with Gasteiger partial charge in [-0.2, -0.15) is 5.10 Å². The maximum atomic E-state index is 5.00. The van der Waals surface area contributed by atoms with Gasteiger partial charge in [-0.25, -0.2) is 9.67 Å². The molecule has 18 heavy (non-hydrogen) atoms. The molecule has 0 spiro atoms. The molecule has 0 aliphatic rings. The molecule has 0 aliphatic carbocycles. The Morgan fingerprint density at radius 1 is 1.50 bits per heavy atom. The number of hydrogen-bond acceptors (Lipinski definition) is 4. The predicted molar refractivity (Wildman–Crippen MR) is 77.7 cm³/mol. The third-order valence-corrected chi connectivity index (χ3v) is 2.99. The Hall–Kier alpha value is -0.990. The number of hydrogen-bond donors (Lipinski definition) is 1. The van der Waals surface area contributed by atoms with Crippen molar-refractivity contribution >= 4 is 22.6 Å². The number of rotatable bonds is 6. The third-order valence-electron chi connectivity index (χ3n) is 2.43. The quantitative estimate of drug-likeness (QED) is 0.630. The number of nitrogens with one attached hydrogen (secondary N) is 1. The summed E-state index contributed by atoms with van der Waals surface area (Å²) in [6.45, 7) is 2.28. The zero-order chi connectivity index (χ0) is 12.8. The van der Waals surface area contributed by atoms with E-state index >= 15 is 0 Å². The fourth-order valence-electron chi connectivity index (χ4n) is 1.59. The average Bonchev–Trinajstić information content (AvgIpc) is 2.82. The Balaban J connectivity index is 2.10. The van der Waals surface area contributed by atoms with E-state index in [9.17, 15) is 0 Å². The van der Waals surface area contributed by atoms with Gasteiger partial charge in [0.05, 0.1) is 16.4 Å². The summed E-state index contributed by atoms with van der Waals surface area (Å²) in [6.07, 6.45) is 5.56. The molecule has 2 aromatic heterocycles. The summed E-state index contributed by atoms with van der Waals surface area (Å²) < 4.78 is 7.90. The molecule has 0 aliphatic heterocycles. The third kappa shape index (κ3) is 3.50. The van der Waals surface area contributed by atoms with Gasteiger partial charge in [0.25, 0.3) is 0 Å². The maximum Gasteiger partial charge on any atom is 0.157 e. The minimum Gasteiger partial charge on any atom is -0.383 e. The highest BCUT2D eigenvalue weighted by atomic mass is 127. The Labute approximate surface area is 120 Å². The van der Waals surface area contributed by atoms with Gasteiger partial charge < -0.3 is 10.1 Å². The highest BCUT2D eigenvalue weighted by Crippen LogP contribution is 2.12.